The number of amides is 2. The molecular formula is C22H27N5O2. The van der Waals surface area contributed by atoms with Gasteiger partial charge in [0, 0.05) is 25.5 Å². The number of likely N-dealkylation sites (tertiary alicyclic amines) is 1. The summed E-state index contributed by atoms with van der Waals surface area (Å²) in [6, 6.07) is 12.7. The fourth-order valence-corrected chi connectivity index (χ4v) is 3.79. The van der Waals surface area contributed by atoms with Gasteiger partial charge in [0.1, 0.15) is 6.07 Å². The van der Waals surface area contributed by atoms with Crippen LogP contribution in [-0.4, -0.2) is 40.9 Å². The third-order valence-electron chi connectivity index (χ3n) is 5.36. The number of anilines is 1. The monoisotopic (exact) mass is 393 g/mol. The number of para-hydroxylation sites is 1. The molecule has 1 atom stereocenters. The number of nitrogens with one attached hydrogen (secondary N) is 2. The Kier molecular flexibility index (Phi) is 7.04. The van der Waals surface area contributed by atoms with Crippen molar-refractivity contribution in [2.75, 3.05) is 25.0 Å². The summed E-state index contributed by atoms with van der Waals surface area (Å²) in [7, 11) is 1.99. The second kappa shape index (κ2) is 9.89. The van der Waals surface area contributed by atoms with Crippen molar-refractivity contribution in [3.05, 3.63) is 53.9 Å². The molecule has 0 radical (unpaired) electrons. The summed E-state index contributed by atoms with van der Waals surface area (Å²) in [6.07, 6.45) is 6.72. The zero-order valence-electron chi connectivity index (χ0n) is 16.7. The SMILES string of the molecule is Cn1cccc1C(CNC(=O)C(=O)Nc1ccccc1C#N)N1CCCCCC1. The van der Waals surface area contributed by atoms with Crippen LogP contribution in [0.4, 0.5) is 5.69 Å². The van der Waals surface area contributed by atoms with E-state index in [1.807, 2.05) is 25.4 Å². The Balaban J connectivity index is 1.66. The molecule has 1 unspecified atom stereocenters. The first-order valence-electron chi connectivity index (χ1n) is 10.0. The van der Waals surface area contributed by atoms with Gasteiger partial charge in [-0.2, -0.15) is 5.26 Å². The molecule has 0 bridgehead atoms. The van der Waals surface area contributed by atoms with Crippen molar-refractivity contribution in [1.29, 1.82) is 5.26 Å². The van der Waals surface area contributed by atoms with E-state index in [2.05, 4.69) is 26.2 Å². The van der Waals surface area contributed by atoms with E-state index in [4.69, 9.17) is 5.26 Å². The fourth-order valence-electron chi connectivity index (χ4n) is 3.79. The minimum absolute atomic E-state index is 0.0104. The summed E-state index contributed by atoms with van der Waals surface area (Å²) in [6.45, 7) is 2.31. The van der Waals surface area contributed by atoms with Crippen LogP contribution in [-0.2, 0) is 16.6 Å². The number of nitriles is 1. The largest absolute Gasteiger partial charge is 0.353 e. The Morgan fingerprint density at radius 3 is 2.45 bits per heavy atom. The summed E-state index contributed by atoms with van der Waals surface area (Å²) in [5.74, 6) is -1.47. The normalized spacial score (nSPS) is 15.7. The molecule has 1 fully saturated rings. The average molecular weight is 393 g/mol. The molecule has 1 aliphatic rings. The minimum atomic E-state index is -0.769. The molecule has 152 valence electrons. The lowest BCUT2D eigenvalue weighted by atomic mass is 10.1. The van der Waals surface area contributed by atoms with Gasteiger partial charge in [-0.05, 0) is 50.2 Å². The molecule has 2 heterocycles. The molecule has 2 aromatic rings. The van der Waals surface area contributed by atoms with Gasteiger partial charge in [0.2, 0.25) is 0 Å². The highest BCUT2D eigenvalue weighted by molar-refractivity contribution is 6.39. The van der Waals surface area contributed by atoms with E-state index in [1.165, 1.54) is 12.8 Å². The van der Waals surface area contributed by atoms with Crippen LogP contribution in [0.1, 0.15) is 43.0 Å². The van der Waals surface area contributed by atoms with Gasteiger partial charge in [-0.3, -0.25) is 14.5 Å². The third kappa shape index (κ3) is 5.24. The van der Waals surface area contributed by atoms with Crippen LogP contribution in [0.3, 0.4) is 0 Å². The van der Waals surface area contributed by atoms with Crippen molar-refractivity contribution in [2.24, 2.45) is 7.05 Å². The van der Waals surface area contributed by atoms with Gasteiger partial charge in [-0.15, -0.1) is 0 Å². The van der Waals surface area contributed by atoms with Gasteiger partial charge in [0.05, 0.1) is 17.3 Å². The number of carbonyl (C=O) groups excluding carboxylic acids is 2. The number of aromatic nitrogens is 1. The first-order valence-corrected chi connectivity index (χ1v) is 10.0. The highest BCUT2D eigenvalue weighted by atomic mass is 16.2. The van der Waals surface area contributed by atoms with Gasteiger partial charge >= 0.3 is 11.8 Å². The molecular weight excluding hydrogens is 366 g/mol. The predicted octanol–water partition coefficient (Wildman–Crippen LogP) is 2.57. The van der Waals surface area contributed by atoms with Crippen molar-refractivity contribution in [3.63, 3.8) is 0 Å². The van der Waals surface area contributed by atoms with E-state index in [-0.39, 0.29) is 6.04 Å². The van der Waals surface area contributed by atoms with E-state index in [0.29, 0.717) is 17.8 Å². The lowest BCUT2D eigenvalue weighted by Crippen LogP contribution is -2.43. The third-order valence-corrected chi connectivity index (χ3v) is 5.36. The smallest absolute Gasteiger partial charge is 0.313 e. The second-order valence-electron chi connectivity index (χ2n) is 7.33. The first-order chi connectivity index (χ1) is 14.1. The highest BCUT2D eigenvalue weighted by Crippen LogP contribution is 2.24. The molecule has 0 spiro atoms. The van der Waals surface area contributed by atoms with Crippen molar-refractivity contribution < 1.29 is 9.59 Å². The number of nitrogens with zero attached hydrogens (tertiary/aromatic N) is 3. The second-order valence-corrected chi connectivity index (χ2v) is 7.33. The van der Waals surface area contributed by atoms with Crippen LogP contribution in [0, 0.1) is 11.3 Å². The molecule has 1 aromatic carbocycles. The quantitative estimate of drug-likeness (QED) is 0.764. The highest BCUT2D eigenvalue weighted by Gasteiger charge is 2.25. The summed E-state index contributed by atoms with van der Waals surface area (Å²) in [4.78, 5) is 27.1. The summed E-state index contributed by atoms with van der Waals surface area (Å²) < 4.78 is 2.06. The van der Waals surface area contributed by atoms with E-state index < -0.39 is 11.8 Å². The number of carbonyl (C=O) groups is 2. The van der Waals surface area contributed by atoms with Gasteiger partial charge < -0.3 is 15.2 Å². The van der Waals surface area contributed by atoms with Crippen molar-refractivity contribution in [2.45, 2.75) is 31.7 Å². The Hall–Kier alpha value is -3.11. The summed E-state index contributed by atoms with van der Waals surface area (Å²) >= 11 is 0. The van der Waals surface area contributed by atoms with Gasteiger partial charge in [-0.25, -0.2) is 0 Å². The van der Waals surface area contributed by atoms with Crippen LogP contribution in [0.25, 0.3) is 0 Å². The van der Waals surface area contributed by atoms with E-state index in [0.717, 1.165) is 31.6 Å². The summed E-state index contributed by atoms with van der Waals surface area (Å²) in [5.41, 5.74) is 1.77. The van der Waals surface area contributed by atoms with Crippen molar-refractivity contribution >= 4 is 17.5 Å². The van der Waals surface area contributed by atoms with E-state index in [9.17, 15) is 9.59 Å². The molecule has 7 heteroatoms. The Bertz CT molecular complexity index is 891. The van der Waals surface area contributed by atoms with Crippen LogP contribution < -0.4 is 10.6 Å². The van der Waals surface area contributed by atoms with Crippen molar-refractivity contribution in [3.8, 4) is 6.07 Å². The zero-order chi connectivity index (χ0) is 20.6. The maximum absolute atomic E-state index is 12.4. The van der Waals surface area contributed by atoms with E-state index in [1.54, 1.807) is 24.3 Å². The topological polar surface area (TPSA) is 90.2 Å². The molecule has 2 amide bonds. The number of aryl methyl sites for hydroxylation is 1. The maximum atomic E-state index is 12.4. The molecule has 1 aromatic heterocycles. The molecule has 0 saturated carbocycles. The number of rotatable bonds is 5. The summed E-state index contributed by atoms with van der Waals surface area (Å²) in [5, 5.41) is 14.4. The van der Waals surface area contributed by atoms with E-state index >= 15 is 0 Å². The van der Waals surface area contributed by atoms with Gasteiger partial charge in [0.25, 0.3) is 0 Å². The molecule has 7 nitrogen and oxygen atoms in total. The maximum Gasteiger partial charge on any atom is 0.313 e. The standard InChI is InChI=1S/C22H27N5O2/c1-26-12-8-11-19(26)20(27-13-6-2-3-7-14-27)16-24-21(28)22(29)25-18-10-5-4-9-17(18)15-23/h4-5,8-12,20H,2-3,6-7,13-14,16H2,1H3,(H,24,28)(H,25,29). The number of benzene rings is 1. The molecule has 29 heavy (non-hydrogen) atoms. The number of hydrogen-bond acceptors (Lipinski definition) is 4. The lowest BCUT2D eigenvalue weighted by molar-refractivity contribution is -0.136. The van der Waals surface area contributed by atoms with Crippen LogP contribution in [0.5, 0.6) is 0 Å². The Labute approximate surface area is 171 Å². The first kappa shape index (κ1) is 20.6. The lowest BCUT2D eigenvalue weighted by Gasteiger charge is -2.31. The predicted molar refractivity (Wildman–Crippen MR) is 111 cm³/mol. The molecule has 1 saturated heterocycles. The Morgan fingerprint density at radius 1 is 1.07 bits per heavy atom. The Morgan fingerprint density at radius 2 is 1.79 bits per heavy atom. The minimum Gasteiger partial charge on any atom is -0.353 e. The van der Waals surface area contributed by atoms with Crippen LogP contribution in [0.2, 0.25) is 0 Å². The van der Waals surface area contributed by atoms with Crippen molar-refractivity contribution in [1.82, 2.24) is 14.8 Å². The van der Waals surface area contributed by atoms with Crippen LogP contribution in [0.15, 0.2) is 42.6 Å². The number of hydrogen-bond donors (Lipinski definition) is 2. The van der Waals surface area contributed by atoms with Gasteiger partial charge in [-0.1, -0.05) is 25.0 Å². The molecule has 3 rings (SSSR count). The average Bonchev–Trinajstić information content (AvgIpc) is 2.98. The fraction of sp³-hybridized carbons (Fsp3) is 0.409. The zero-order valence-corrected chi connectivity index (χ0v) is 16.7. The molecule has 0 aliphatic carbocycles. The molecule has 2 N–H and O–H groups in total. The van der Waals surface area contributed by atoms with Crippen LogP contribution >= 0.6 is 0 Å². The van der Waals surface area contributed by atoms with Gasteiger partial charge in [0.15, 0.2) is 0 Å². The molecule has 1 aliphatic heterocycles.